The SMILES string of the molecule is O=C(c1ccc(Cl)nc1)N1CCC(C(=O)N2CCCC2c2nc3ccncc3[nH]2)CC1. The van der Waals surface area contributed by atoms with Gasteiger partial charge in [0.15, 0.2) is 0 Å². The van der Waals surface area contributed by atoms with Gasteiger partial charge in [-0.1, -0.05) is 11.6 Å². The normalized spacial score (nSPS) is 19.8. The first-order chi connectivity index (χ1) is 15.1. The van der Waals surface area contributed by atoms with Crippen molar-refractivity contribution in [1.29, 1.82) is 0 Å². The Morgan fingerprint density at radius 1 is 1.06 bits per heavy atom. The summed E-state index contributed by atoms with van der Waals surface area (Å²) in [5.74, 6) is 0.863. The van der Waals surface area contributed by atoms with Gasteiger partial charge in [-0.3, -0.25) is 14.6 Å². The first kappa shape index (κ1) is 19.9. The molecule has 0 aliphatic carbocycles. The van der Waals surface area contributed by atoms with Crippen molar-refractivity contribution in [2.24, 2.45) is 5.92 Å². The number of nitrogens with zero attached hydrogens (tertiary/aromatic N) is 5. The Balaban J connectivity index is 1.24. The van der Waals surface area contributed by atoms with Crippen LogP contribution in [-0.4, -0.2) is 61.2 Å². The molecule has 0 bridgehead atoms. The van der Waals surface area contributed by atoms with E-state index >= 15 is 0 Å². The van der Waals surface area contributed by atoms with Crippen molar-refractivity contribution in [3.05, 3.63) is 53.3 Å². The molecule has 3 aromatic heterocycles. The van der Waals surface area contributed by atoms with E-state index in [1.807, 2.05) is 11.0 Å². The van der Waals surface area contributed by atoms with Crippen LogP contribution >= 0.6 is 11.6 Å². The highest BCUT2D eigenvalue weighted by Crippen LogP contribution is 2.34. The molecule has 1 atom stereocenters. The molecule has 2 aliphatic heterocycles. The Morgan fingerprint density at radius 2 is 1.90 bits per heavy atom. The number of hydrogen-bond donors (Lipinski definition) is 1. The van der Waals surface area contributed by atoms with E-state index in [0.717, 1.165) is 36.2 Å². The molecule has 1 N–H and O–H groups in total. The van der Waals surface area contributed by atoms with Gasteiger partial charge in [-0.25, -0.2) is 9.97 Å². The van der Waals surface area contributed by atoms with E-state index in [1.165, 1.54) is 6.20 Å². The molecule has 1 unspecified atom stereocenters. The number of amides is 2. The number of carbonyl (C=O) groups excluding carboxylic acids is 2. The number of nitrogens with one attached hydrogen (secondary N) is 1. The maximum atomic E-state index is 13.3. The van der Waals surface area contributed by atoms with Crippen molar-refractivity contribution in [3.63, 3.8) is 0 Å². The fourth-order valence-electron chi connectivity index (χ4n) is 4.60. The van der Waals surface area contributed by atoms with Gasteiger partial charge < -0.3 is 14.8 Å². The van der Waals surface area contributed by atoms with Gasteiger partial charge in [-0.05, 0) is 43.9 Å². The molecule has 9 heteroatoms. The number of H-pyrrole nitrogens is 1. The van der Waals surface area contributed by atoms with Gasteiger partial charge in [0.2, 0.25) is 5.91 Å². The van der Waals surface area contributed by atoms with Crippen molar-refractivity contribution in [2.75, 3.05) is 19.6 Å². The van der Waals surface area contributed by atoms with E-state index in [-0.39, 0.29) is 23.8 Å². The number of piperidine rings is 1. The van der Waals surface area contributed by atoms with Crippen molar-refractivity contribution < 1.29 is 9.59 Å². The van der Waals surface area contributed by atoms with Gasteiger partial charge in [0.25, 0.3) is 5.91 Å². The summed E-state index contributed by atoms with van der Waals surface area (Å²) in [5, 5.41) is 0.363. The summed E-state index contributed by atoms with van der Waals surface area (Å²) < 4.78 is 0. The maximum absolute atomic E-state index is 13.3. The van der Waals surface area contributed by atoms with Crippen molar-refractivity contribution >= 4 is 34.4 Å². The molecule has 160 valence electrons. The van der Waals surface area contributed by atoms with Gasteiger partial charge >= 0.3 is 0 Å². The molecule has 0 aromatic carbocycles. The Morgan fingerprint density at radius 3 is 2.65 bits per heavy atom. The largest absolute Gasteiger partial charge is 0.339 e. The van der Waals surface area contributed by atoms with Crippen LogP contribution in [0.2, 0.25) is 5.15 Å². The second-order valence-corrected chi connectivity index (χ2v) is 8.53. The van der Waals surface area contributed by atoms with Crippen LogP contribution in [0.4, 0.5) is 0 Å². The van der Waals surface area contributed by atoms with E-state index in [1.54, 1.807) is 29.4 Å². The van der Waals surface area contributed by atoms with Gasteiger partial charge in [-0.2, -0.15) is 0 Å². The van der Waals surface area contributed by atoms with Crippen LogP contribution in [0, 0.1) is 5.92 Å². The molecule has 2 saturated heterocycles. The Bertz CT molecular complexity index is 1070. The minimum Gasteiger partial charge on any atom is -0.339 e. The first-order valence-electron chi connectivity index (χ1n) is 10.6. The van der Waals surface area contributed by atoms with Gasteiger partial charge in [0, 0.05) is 37.9 Å². The number of likely N-dealkylation sites (tertiary alicyclic amines) is 2. The lowest BCUT2D eigenvalue weighted by Crippen LogP contribution is -2.44. The van der Waals surface area contributed by atoms with E-state index in [2.05, 4.69) is 19.9 Å². The maximum Gasteiger partial charge on any atom is 0.255 e. The topological polar surface area (TPSA) is 95.1 Å². The molecule has 0 radical (unpaired) electrons. The summed E-state index contributed by atoms with van der Waals surface area (Å²) in [7, 11) is 0. The third-order valence-corrected chi connectivity index (χ3v) is 6.48. The molecular formula is C22H23ClN6O2. The smallest absolute Gasteiger partial charge is 0.255 e. The molecule has 31 heavy (non-hydrogen) atoms. The Kier molecular flexibility index (Phi) is 5.31. The van der Waals surface area contributed by atoms with Crippen LogP contribution in [-0.2, 0) is 4.79 Å². The number of carbonyl (C=O) groups is 2. The lowest BCUT2D eigenvalue weighted by molar-refractivity contribution is -0.138. The third kappa shape index (κ3) is 3.87. The van der Waals surface area contributed by atoms with Crippen LogP contribution in [0.1, 0.15) is 47.9 Å². The van der Waals surface area contributed by atoms with Crippen molar-refractivity contribution in [2.45, 2.75) is 31.7 Å². The zero-order valence-electron chi connectivity index (χ0n) is 17.0. The summed E-state index contributed by atoms with van der Waals surface area (Å²) >= 11 is 5.81. The minimum atomic E-state index is -0.0703. The summed E-state index contributed by atoms with van der Waals surface area (Å²) in [5.41, 5.74) is 2.28. The van der Waals surface area contributed by atoms with E-state index in [4.69, 9.17) is 11.6 Å². The number of hydrogen-bond acceptors (Lipinski definition) is 5. The first-order valence-corrected chi connectivity index (χ1v) is 11.0. The summed E-state index contributed by atoms with van der Waals surface area (Å²) in [4.78, 5) is 45.9. The zero-order valence-corrected chi connectivity index (χ0v) is 17.8. The standard InChI is InChI=1S/C22H23ClN6O2/c23-19-4-3-15(12-25-19)21(30)28-10-6-14(7-11-28)22(31)29-9-1-2-18(29)20-26-16-5-8-24-13-17(16)27-20/h3-5,8,12-14,18H,1-2,6-7,9-11H2,(H,26,27). The lowest BCUT2D eigenvalue weighted by atomic mass is 9.94. The van der Waals surface area contributed by atoms with E-state index in [0.29, 0.717) is 36.6 Å². The van der Waals surface area contributed by atoms with Crippen molar-refractivity contribution in [1.82, 2.24) is 29.7 Å². The Labute approximate surface area is 184 Å². The number of fused-ring (bicyclic) bond motifs is 1. The fourth-order valence-corrected chi connectivity index (χ4v) is 4.71. The molecule has 2 aliphatic rings. The number of halogens is 1. The number of imidazole rings is 1. The molecule has 0 spiro atoms. The quantitative estimate of drug-likeness (QED) is 0.633. The molecule has 2 amide bonds. The molecular weight excluding hydrogens is 416 g/mol. The highest BCUT2D eigenvalue weighted by Gasteiger charge is 2.37. The second kappa shape index (κ2) is 8.26. The number of aromatic nitrogens is 4. The lowest BCUT2D eigenvalue weighted by Gasteiger charge is -2.34. The van der Waals surface area contributed by atoms with E-state index in [9.17, 15) is 9.59 Å². The molecule has 5 rings (SSSR count). The number of rotatable bonds is 3. The Hall–Kier alpha value is -3.00. The monoisotopic (exact) mass is 438 g/mol. The van der Waals surface area contributed by atoms with Crippen LogP contribution in [0.5, 0.6) is 0 Å². The number of pyridine rings is 2. The van der Waals surface area contributed by atoms with Gasteiger partial charge in [0.05, 0.1) is 28.8 Å². The third-order valence-electron chi connectivity index (χ3n) is 6.26. The highest BCUT2D eigenvalue weighted by atomic mass is 35.5. The average molecular weight is 439 g/mol. The van der Waals surface area contributed by atoms with Gasteiger partial charge in [-0.15, -0.1) is 0 Å². The molecule has 8 nitrogen and oxygen atoms in total. The van der Waals surface area contributed by atoms with Crippen molar-refractivity contribution in [3.8, 4) is 0 Å². The van der Waals surface area contributed by atoms with Crippen LogP contribution in [0.25, 0.3) is 11.0 Å². The number of aromatic amines is 1. The highest BCUT2D eigenvalue weighted by molar-refractivity contribution is 6.29. The molecule has 0 saturated carbocycles. The minimum absolute atomic E-state index is 0.0281. The van der Waals surface area contributed by atoms with Crippen LogP contribution < -0.4 is 0 Å². The molecule has 2 fully saturated rings. The second-order valence-electron chi connectivity index (χ2n) is 8.14. The van der Waals surface area contributed by atoms with Gasteiger partial charge in [0.1, 0.15) is 11.0 Å². The summed E-state index contributed by atoms with van der Waals surface area (Å²) in [6, 6.07) is 5.15. The van der Waals surface area contributed by atoms with Crippen LogP contribution in [0.15, 0.2) is 36.8 Å². The summed E-state index contributed by atoms with van der Waals surface area (Å²) in [6.07, 6.45) is 8.18. The zero-order chi connectivity index (χ0) is 21.4. The molecule has 3 aromatic rings. The summed E-state index contributed by atoms with van der Waals surface area (Å²) in [6.45, 7) is 1.87. The van der Waals surface area contributed by atoms with E-state index < -0.39 is 0 Å². The molecule has 5 heterocycles. The fraction of sp³-hybridized carbons (Fsp3) is 0.409. The predicted octanol–water partition coefficient (Wildman–Crippen LogP) is 3.22. The predicted molar refractivity (Wildman–Crippen MR) is 115 cm³/mol. The average Bonchev–Trinajstić information content (AvgIpc) is 3.45. The van der Waals surface area contributed by atoms with Crippen LogP contribution in [0.3, 0.4) is 0 Å².